The smallest absolute Gasteiger partial charge is 0.217 e. The van der Waals surface area contributed by atoms with E-state index in [4.69, 9.17) is 11.0 Å². The van der Waals surface area contributed by atoms with Crippen LogP contribution in [0.2, 0.25) is 0 Å². The molecule has 0 radical (unpaired) electrons. The van der Waals surface area contributed by atoms with Gasteiger partial charge in [-0.25, -0.2) is 0 Å². The second-order valence-electron chi connectivity index (χ2n) is 3.12. The Labute approximate surface area is 83.2 Å². The van der Waals surface area contributed by atoms with Gasteiger partial charge in [0.2, 0.25) is 5.91 Å². The van der Waals surface area contributed by atoms with Crippen LogP contribution in [0.15, 0.2) is 24.3 Å². The number of rotatable bonds is 4. The molecule has 0 aliphatic rings. The summed E-state index contributed by atoms with van der Waals surface area (Å²) >= 11 is 0. The summed E-state index contributed by atoms with van der Waals surface area (Å²) in [5.41, 5.74) is 7.11. The molecule has 1 amide bonds. The van der Waals surface area contributed by atoms with Gasteiger partial charge in [-0.3, -0.25) is 4.79 Å². The Morgan fingerprint density at radius 3 is 2.36 bits per heavy atom. The van der Waals surface area contributed by atoms with Crippen LogP contribution in [0.5, 0.6) is 0 Å². The quantitative estimate of drug-likeness (QED) is 0.770. The summed E-state index contributed by atoms with van der Waals surface area (Å²) in [6.45, 7) is 0. The van der Waals surface area contributed by atoms with Crippen LogP contribution < -0.4 is 5.73 Å². The van der Waals surface area contributed by atoms with E-state index >= 15 is 0 Å². The van der Waals surface area contributed by atoms with Crippen molar-refractivity contribution in [1.82, 2.24) is 0 Å². The molecule has 0 aromatic heterocycles. The highest BCUT2D eigenvalue weighted by molar-refractivity contribution is 5.73. The van der Waals surface area contributed by atoms with Gasteiger partial charge in [0.1, 0.15) is 0 Å². The maximum absolute atomic E-state index is 10.5. The highest BCUT2D eigenvalue weighted by atomic mass is 16.1. The molecule has 72 valence electrons. The van der Waals surface area contributed by atoms with Gasteiger partial charge in [0.05, 0.1) is 12.5 Å². The maximum atomic E-state index is 10.5. The van der Waals surface area contributed by atoms with Crippen molar-refractivity contribution in [3.05, 3.63) is 35.4 Å². The van der Waals surface area contributed by atoms with Gasteiger partial charge in [-0.1, -0.05) is 24.3 Å². The third-order valence-corrected chi connectivity index (χ3v) is 1.97. The predicted octanol–water partition coefficient (Wildman–Crippen LogP) is 1.17. The standard InChI is InChI=1S/C11H12N2O/c12-8-7-10-3-1-9(2-4-10)5-6-11(13)14/h1-4H,5-7H2,(H2,13,14). The van der Waals surface area contributed by atoms with Crippen LogP contribution in [-0.4, -0.2) is 5.91 Å². The first kappa shape index (κ1) is 10.3. The monoisotopic (exact) mass is 188 g/mol. The van der Waals surface area contributed by atoms with Gasteiger partial charge in [0.15, 0.2) is 0 Å². The highest BCUT2D eigenvalue weighted by Crippen LogP contribution is 2.06. The Kier molecular flexibility index (Phi) is 3.69. The van der Waals surface area contributed by atoms with E-state index in [0.29, 0.717) is 19.3 Å². The molecule has 0 atom stereocenters. The molecule has 3 heteroatoms. The number of nitrogens with two attached hydrogens (primary N) is 1. The fourth-order valence-electron chi connectivity index (χ4n) is 1.18. The van der Waals surface area contributed by atoms with Crippen molar-refractivity contribution < 1.29 is 4.79 Å². The largest absolute Gasteiger partial charge is 0.370 e. The van der Waals surface area contributed by atoms with Gasteiger partial charge < -0.3 is 5.73 Å². The van der Waals surface area contributed by atoms with Crippen LogP contribution in [0, 0.1) is 11.3 Å². The zero-order valence-electron chi connectivity index (χ0n) is 7.86. The fourth-order valence-corrected chi connectivity index (χ4v) is 1.18. The van der Waals surface area contributed by atoms with Gasteiger partial charge >= 0.3 is 0 Å². The molecule has 1 aromatic rings. The molecule has 0 fully saturated rings. The molecule has 0 bridgehead atoms. The molecule has 3 nitrogen and oxygen atoms in total. The Morgan fingerprint density at radius 2 is 1.86 bits per heavy atom. The SMILES string of the molecule is N#CCc1ccc(CCC(N)=O)cc1. The molecule has 0 saturated carbocycles. The number of amides is 1. The molecule has 2 N–H and O–H groups in total. The van der Waals surface area contributed by atoms with Crippen molar-refractivity contribution in [2.24, 2.45) is 5.73 Å². The zero-order chi connectivity index (χ0) is 10.4. The molecule has 14 heavy (non-hydrogen) atoms. The number of carbonyl (C=O) groups is 1. The number of aryl methyl sites for hydroxylation is 1. The van der Waals surface area contributed by atoms with Crippen molar-refractivity contribution in [1.29, 1.82) is 5.26 Å². The molecule has 1 aromatic carbocycles. The summed E-state index contributed by atoms with van der Waals surface area (Å²) in [4.78, 5) is 10.5. The van der Waals surface area contributed by atoms with Crippen molar-refractivity contribution >= 4 is 5.91 Å². The molecule has 0 saturated heterocycles. The second-order valence-corrected chi connectivity index (χ2v) is 3.12. The van der Waals surface area contributed by atoms with Crippen molar-refractivity contribution in [3.8, 4) is 6.07 Å². The lowest BCUT2D eigenvalue weighted by atomic mass is 10.1. The van der Waals surface area contributed by atoms with Gasteiger partial charge in [0, 0.05) is 6.42 Å². The topological polar surface area (TPSA) is 66.9 Å². The highest BCUT2D eigenvalue weighted by Gasteiger charge is 1.97. The van der Waals surface area contributed by atoms with E-state index in [9.17, 15) is 4.79 Å². The van der Waals surface area contributed by atoms with Crippen LogP contribution in [-0.2, 0) is 17.6 Å². The molecule has 0 aliphatic heterocycles. The molecular formula is C11H12N2O. The van der Waals surface area contributed by atoms with Crippen molar-refractivity contribution in [2.75, 3.05) is 0 Å². The average molecular weight is 188 g/mol. The number of hydrogen-bond donors (Lipinski definition) is 1. The first-order valence-corrected chi connectivity index (χ1v) is 4.45. The summed E-state index contributed by atoms with van der Waals surface area (Å²) in [6, 6.07) is 9.74. The van der Waals surface area contributed by atoms with Gasteiger partial charge in [-0.05, 0) is 17.5 Å². The minimum atomic E-state index is -0.286. The van der Waals surface area contributed by atoms with E-state index in [1.54, 1.807) is 0 Å². The van der Waals surface area contributed by atoms with E-state index in [0.717, 1.165) is 11.1 Å². The number of nitriles is 1. The molecule has 0 aliphatic carbocycles. The van der Waals surface area contributed by atoms with Crippen LogP contribution in [0.25, 0.3) is 0 Å². The first-order chi connectivity index (χ1) is 6.72. The number of hydrogen-bond acceptors (Lipinski definition) is 2. The van der Waals surface area contributed by atoms with Crippen LogP contribution in [0.1, 0.15) is 17.5 Å². The normalized spacial score (nSPS) is 9.36. The number of nitrogens with zero attached hydrogens (tertiary/aromatic N) is 1. The van der Waals surface area contributed by atoms with E-state index in [-0.39, 0.29) is 5.91 Å². The molecule has 0 heterocycles. The summed E-state index contributed by atoms with van der Waals surface area (Å²) in [5.74, 6) is -0.286. The molecule has 0 unspecified atom stereocenters. The molecule has 0 spiro atoms. The summed E-state index contributed by atoms with van der Waals surface area (Å²) < 4.78 is 0. The van der Waals surface area contributed by atoms with E-state index in [2.05, 4.69) is 6.07 Å². The van der Waals surface area contributed by atoms with Crippen LogP contribution in [0.4, 0.5) is 0 Å². The van der Waals surface area contributed by atoms with E-state index in [1.165, 1.54) is 0 Å². The minimum absolute atomic E-state index is 0.286. The third-order valence-electron chi connectivity index (χ3n) is 1.97. The van der Waals surface area contributed by atoms with Crippen molar-refractivity contribution in [2.45, 2.75) is 19.3 Å². The Hall–Kier alpha value is -1.82. The fraction of sp³-hybridized carbons (Fsp3) is 0.273. The van der Waals surface area contributed by atoms with Crippen molar-refractivity contribution in [3.63, 3.8) is 0 Å². The number of benzene rings is 1. The Morgan fingerprint density at radius 1 is 1.29 bits per heavy atom. The first-order valence-electron chi connectivity index (χ1n) is 4.45. The third kappa shape index (κ3) is 3.28. The lowest BCUT2D eigenvalue weighted by Gasteiger charge is -1.99. The summed E-state index contributed by atoms with van der Waals surface area (Å²) in [6.07, 6.45) is 1.47. The van der Waals surface area contributed by atoms with Gasteiger partial charge in [0.25, 0.3) is 0 Å². The lowest BCUT2D eigenvalue weighted by Crippen LogP contribution is -2.11. The molecule has 1 rings (SSSR count). The maximum Gasteiger partial charge on any atom is 0.217 e. The zero-order valence-corrected chi connectivity index (χ0v) is 7.86. The van der Waals surface area contributed by atoms with Gasteiger partial charge in [-0.2, -0.15) is 5.26 Å². The minimum Gasteiger partial charge on any atom is -0.370 e. The summed E-state index contributed by atoms with van der Waals surface area (Å²) in [5, 5.41) is 8.45. The summed E-state index contributed by atoms with van der Waals surface area (Å²) in [7, 11) is 0. The lowest BCUT2D eigenvalue weighted by molar-refractivity contribution is -0.117. The van der Waals surface area contributed by atoms with E-state index < -0.39 is 0 Å². The number of carbonyl (C=O) groups excluding carboxylic acids is 1. The Balaban J connectivity index is 2.56. The Bertz CT molecular complexity index is 349. The van der Waals surface area contributed by atoms with Gasteiger partial charge in [-0.15, -0.1) is 0 Å². The molecular weight excluding hydrogens is 176 g/mol. The van der Waals surface area contributed by atoms with E-state index in [1.807, 2.05) is 24.3 Å². The second kappa shape index (κ2) is 5.03. The number of primary amides is 1. The predicted molar refractivity (Wildman–Crippen MR) is 53.3 cm³/mol. The average Bonchev–Trinajstić information content (AvgIpc) is 2.17. The van der Waals surface area contributed by atoms with Crippen LogP contribution in [0.3, 0.4) is 0 Å². The van der Waals surface area contributed by atoms with Crippen LogP contribution >= 0.6 is 0 Å².